The molecule has 5 nitrogen and oxygen atoms in total. The molecule has 0 aliphatic rings. The number of para-hydroxylation sites is 1. The van der Waals surface area contributed by atoms with Crippen LogP contribution in [0, 0.1) is 0 Å². The number of nitrogens with one attached hydrogen (secondary N) is 2. The summed E-state index contributed by atoms with van der Waals surface area (Å²) in [7, 11) is 3.49. The molecule has 2 aromatic rings. The molecule has 0 fully saturated rings. The molecule has 1 heterocycles. The maximum absolute atomic E-state index is 5.32. The molecule has 19 heavy (non-hydrogen) atoms. The van der Waals surface area contributed by atoms with E-state index in [1.165, 1.54) is 5.56 Å². The second kappa shape index (κ2) is 6.58. The lowest BCUT2D eigenvalue weighted by Gasteiger charge is -2.09. The molecule has 1 aromatic heterocycles. The fourth-order valence-corrected chi connectivity index (χ4v) is 1.81. The summed E-state index contributed by atoms with van der Waals surface area (Å²) < 4.78 is 5.32. The molecule has 2 rings (SSSR count). The van der Waals surface area contributed by atoms with Crippen molar-refractivity contribution in [3.8, 4) is 5.75 Å². The number of hydrogen-bond acceptors (Lipinski definition) is 5. The van der Waals surface area contributed by atoms with Crippen molar-refractivity contribution in [2.45, 2.75) is 6.42 Å². The highest BCUT2D eigenvalue weighted by molar-refractivity contribution is 5.40. The van der Waals surface area contributed by atoms with Gasteiger partial charge in [-0.05, 0) is 24.1 Å². The van der Waals surface area contributed by atoms with Gasteiger partial charge >= 0.3 is 0 Å². The van der Waals surface area contributed by atoms with Gasteiger partial charge in [0.15, 0.2) is 0 Å². The van der Waals surface area contributed by atoms with Crippen LogP contribution in [0.2, 0.25) is 0 Å². The van der Waals surface area contributed by atoms with Crippen LogP contribution in [0.25, 0.3) is 0 Å². The van der Waals surface area contributed by atoms with E-state index >= 15 is 0 Å². The highest BCUT2D eigenvalue weighted by atomic mass is 16.5. The Morgan fingerprint density at radius 3 is 2.84 bits per heavy atom. The number of rotatable bonds is 6. The lowest BCUT2D eigenvalue weighted by atomic mass is 10.1. The Labute approximate surface area is 113 Å². The van der Waals surface area contributed by atoms with Crippen LogP contribution in [0.3, 0.4) is 0 Å². The largest absolute Gasteiger partial charge is 0.496 e. The molecule has 100 valence electrons. The zero-order valence-electron chi connectivity index (χ0n) is 11.2. The van der Waals surface area contributed by atoms with Crippen LogP contribution in [0.15, 0.2) is 36.5 Å². The maximum atomic E-state index is 5.32. The minimum absolute atomic E-state index is 0.613. The number of hydrogen-bond donors (Lipinski definition) is 2. The van der Waals surface area contributed by atoms with E-state index in [1.807, 2.05) is 24.3 Å². The second-order valence-corrected chi connectivity index (χ2v) is 4.00. The van der Waals surface area contributed by atoms with Gasteiger partial charge in [0.25, 0.3) is 0 Å². The van der Waals surface area contributed by atoms with Crippen LogP contribution in [-0.4, -0.2) is 30.7 Å². The summed E-state index contributed by atoms with van der Waals surface area (Å²) in [5, 5.41) is 6.18. The van der Waals surface area contributed by atoms with Crippen molar-refractivity contribution in [3.05, 3.63) is 42.1 Å². The Morgan fingerprint density at radius 1 is 1.21 bits per heavy atom. The van der Waals surface area contributed by atoms with Crippen molar-refractivity contribution >= 4 is 11.8 Å². The summed E-state index contributed by atoms with van der Waals surface area (Å²) in [6.07, 6.45) is 2.60. The molecule has 0 unspecified atom stereocenters. The van der Waals surface area contributed by atoms with E-state index in [0.717, 1.165) is 24.5 Å². The normalized spacial score (nSPS) is 10.0. The Balaban J connectivity index is 1.92. The zero-order valence-corrected chi connectivity index (χ0v) is 11.2. The third-order valence-corrected chi connectivity index (χ3v) is 2.77. The number of aromatic nitrogens is 2. The number of benzene rings is 1. The molecule has 1 aromatic carbocycles. The number of ether oxygens (including phenoxy) is 1. The summed E-state index contributed by atoms with van der Waals surface area (Å²) in [6, 6.07) is 9.88. The topological polar surface area (TPSA) is 59.1 Å². The molecule has 0 aliphatic carbocycles. The summed E-state index contributed by atoms with van der Waals surface area (Å²) >= 11 is 0. The lowest BCUT2D eigenvalue weighted by molar-refractivity contribution is 0.410. The zero-order chi connectivity index (χ0) is 13.5. The van der Waals surface area contributed by atoms with Gasteiger partial charge < -0.3 is 15.4 Å². The summed E-state index contributed by atoms with van der Waals surface area (Å²) in [5.41, 5.74) is 1.18. The third-order valence-electron chi connectivity index (χ3n) is 2.77. The molecule has 0 saturated heterocycles. The highest BCUT2D eigenvalue weighted by Crippen LogP contribution is 2.17. The quantitative estimate of drug-likeness (QED) is 0.831. The smallest absolute Gasteiger partial charge is 0.224 e. The van der Waals surface area contributed by atoms with Crippen LogP contribution >= 0.6 is 0 Å². The standard InChI is InChI=1S/C14H18N4O/c1-15-14-17-10-8-13(18-14)16-9-7-11-5-3-4-6-12(11)19-2/h3-6,8,10H,7,9H2,1-2H3,(H2,15,16,17,18). The molecular formula is C14H18N4O. The van der Waals surface area contributed by atoms with Gasteiger partial charge in [0.2, 0.25) is 5.95 Å². The van der Waals surface area contributed by atoms with E-state index in [-0.39, 0.29) is 0 Å². The average molecular weight is 258 g/mol. The second-order valence-electron chi connectivity index (χ2n) is 4.00. The first-order valence-electron chi connectivity index (χ1n) is 6.20. The fraction of sp³-hybridized carbons (Fsp3) is 0.286. The van der Waals surface area contributed by atoms with Gasteiger partial charge in [-0.2, -0.15) is 4.98 Å². The third kappa shape index (κ3) is 3.58. The number of nitrogens with zero attached hydrogens (tertiary/aromatic N) is 2. The Kier molecular flexibility index (Phi) is 4.55. The van der Waals surface area contributed by atoms with Crippen LogP contribution in [0.5, 0.6) is 5.75 Å². The van der Waals surface area contributed by atoms with Crippen LogP contribution in [0.1, 0.15) is 5.56 Å². The van der Waals surface area contributed by atoms with Crippen molar-refractivity contribution in [2.75, 3.05) is 31.3 Å². The van der Waals surface area contributed by atoms with Crippen LogP contribution in [-0.2, 0) is 6.42 Å². The molecule has 2 N–H and O–H groups in total. The van der Waals surface area contributed by atoms with Gasteiger partial charge in [0.1, 0.15) is 11.6 Å². The SMILES string of the molecule is CNc1nccc(NCCc2ccccc2OC)n1. The van der Waals surface area contributed by atoms with E-state index in [1.54, 1.807) is 20.4 Å². The van der Waals surface area contributed by atoms with Gasteiger partial charge in [-0.3, -0.25) is 0 Å². The van der Waals surface area contributed by atoms with Gasteiger partial charge in [-0.25, -0.2) is 4.98 Å². The number of methoxy groups -OCH3 is 1. The Morgan fingerprint density at radius 2 is 2.05 bits per heavy atom. The first-order chi connectivity index (χ1) is 9.33. The van der Waals surface area contributed by atoms with E-state index in [9.17, 15) is 0 Å². The van der Waals surface area contributed by atoms with Gasteiger partial charge in [-0.15, -0.1) is 0 Å². The molecule has 0 radical (unpaired) electrons. The monoisotopic (exact) mass is 258 g/mol. The Hall–Kier alpha value is -2.30. The first kappa shape index (κ1) is 13.1. The predicted molar refractivity (Wildman–Crippen MR) is 76.8 cm³/mol. The van der Waals surface area contributed by atoms with Crippen molar-refractivity contribution in [3.63, 3.8) is 0 Å². The van der Waals surface area contributed by atoms with Crippen LogP contribution in [0.4, 0.5) is 11.8 Å². The number of anilines is 2. The molecule has 0 aliphatic heterocycles. The summed E-state index contributed by atoms with van der Waals surface area (Å²) in [6.45, 7) is 0.792. The predicted octanol–water partition coefficient (Wildman–Crippen LogP) is 2.18. The molecule has 0 spiro atoms. The van der Waals surface area contributed by atoms with E-state index in [4.69, 9.17) is 4.74 Å². The molecular weight excluding hydrogens is 240 g/mol. The molecule has 0 bridgehead atoms. The first-order valence-corrected chi connectivity index (χ1v) is 6.20. The summed E-state index contributed by atoms with van der Waals surface area (Å²) in [4.78, 5) is 8.37. The van der Waals surface area contributed by atoms with Crippen molar-refractivity contribution in [1.82, 2.24) is 9.97 Å². The van der Waals surface area contributed by atoms with Gasteiger partial charge in [0, 0.05) is 19.8 Å². The van der Waals surface area contributed by atoms with Crippen molar-refractivity contribution < 1.29 is 4.74 Å². The molecule has 0 amide bonds. The van der Waals surface area contributed by atoms with Crippen molar-refractivity contribution in [2.24, 2.45) is 0 Å². The fourth-order valence-electron chi connectivity index (χ4n) is 1.81. The minimum atomic E-state index is 0.613. The van der Waals surface area contributed by atoms with E-state index in [2.05, 4.69) is 26.7 Å². The lowest BCUT2D eigenvalue weighted by Crippen LogP contribution is -2.08. The average Bonchev–Trinajstić information content (AvgIpc) is 2.48. The van der Waals surface area contributed by atoms with Gasteiger partial charge in [0.05, 0.1) is 7.11 Å². The maximum Gasteiger partial charge on any atom is 0.224 e. The highest BCUT2D eigenvalue weighted by Gasteiger charge is 2.02. The van der Waals surface area contributed by atoms with E-state index < -0.39 is 0 Å². The minimum Gasteiger partial charge on any atom is -0.496 e. The molecule has 0 saturated carbocycles. The van der Waals surface area contributed by atoms with E-state index in [0.29, 0.717) is 5.95 Å². The molecule has 5 heteroatoms. The Bertz CT molecular complexity index is 530. The van der Waals surface area contributed by atoms with Crippen molar-refractivity contribution in [1.29, 1.82) is 0 Å². The van der Waals surface area contributed by atoms with Crippen LogP contribution < -0.4 is 15.4 Å². The molecule has 0 atom stereocenters. The summed E-state index contributed by atoms with van der Waals surface area (Å²) in [5.74, 6) is 2.35. The van der Waals surface area contributed by atoms with Gasteiger partial charge in [-0.1, -0.05) is 18.2 Å².